The minimum absolute atomic E-state index is 0.370. The lowest BCUT2D eigenvalue weighted by Crippen LogP contribution is -1.96. The second kappa shape index (κ2) is 4.74. The molecule has 4 heteroatoms. The number of aromatic nitrogens is 1. The highest BCUT2D eigenvalue weighted by molar-refractivity contribution is 5.49. The molecule has 2 N–H and O–H groups in total. The lowest BCUT2D eigenvalue weighted by atomic mass is 10.2. The summed E-state index contributed by atoms with van der Waals surface area (Å²) in [5.41, 5.74) is 7.34. The predicted octanol–water partition coefficient (Wildman–Crippen LogP) is 2.77. The van der Waals surface area contributed by atoms with E-state index in [1.807, 2.05) is 31.2 Å². The Bertz CT molecular complexity index is 509. The van der Waals surface area contributed by atoms with Gasteiger partial charge in [0.2, 0.25) is 11.8 Å². The summed E-state index contributed by atoms with van der Waals surface area (Å²) in [6.07, 6.45) is 0. The highest BCUT2D eigenvalue weighted by atomic mass is 16.5. The highest BCUT2D eigenvalue weighted by Crippen LogP contribution is 2.25. The second-order valence-electron chi connectivity index (χ2n) is 3.66. The molecule has 0 spiro atoms. The van der Waals surface area contributed by atoms with E-state index in [9.17, 15) is 0 Å². The SMILES string of the molecule is COc1nc(Oc2ccc(C)cc2)ccc1N. The summed E-state index contributed by atoms with van der Waals surface area (Å²) in [7, 11) is 1.52. The molecule has 0 unspecified atom stereocenters. The summed E-state index contributed by atoms with van der Waals surface area (Å²) < 4.78 is 10.6. The molecule has 17 heavy (non-hydrogen) atoms. The summed E-state index contributed by atoms with van der Waals surface area (Å²) in [5, 5.41) is 0. The third-order valence-corrected chi connectivity index (χ3v) is 2.30. The van der Waals surface area contributed by atoms with Crippen molar-refractivity contribution in [3.63, 3.8) is 0 Å². The molecule has 0 aliphatic rings. The predicted molar refractivity (Wildman–Crippen MR) is 66.5 cm³/mol. The molecule has 4 nitrogen and oxygen atoms in total. The first kappa shape index (κ1) is 11.3. The zero-order chi connectivity index (χ0) is 12.3. The molecule has 1 aromatic carbocycles. The maximum Gasteiger partial charge on any atom is 0.240 e. The number of methoxy groups -OCH3 is 1. The molecule has 88 valence electrons. The molecule has 1 aromatic heterocycles. The summed E-state index contributed by atoms with van der Waals surface area (Å²) in [6, 6.07) is 11.1. The molecule has 0 amide bonds. The zero-order valence-electron chi connectivity index (χ0n) is 9.81. The number of nitrogens with zero attached hydrogens (tertiary/aromatic N) is 1. The van der Waals surface area contributed by atoms with E-state index in [1.54, 1.807) is 12.1 Å². The van der Waals surface area contributed by atoms with Gasteiger partial charge in [0.05, 0.1) is 12.8 Å². The van der Waals surface area contributed by atoms with Gasteiger partial charge in [-0.3, -0.25) is 0 Å². The molecule has 2 rings (SSSR count). The van der Waals surface area contributed by atoms with Crippen molar-refractivity contribution < 1.29 is 9.47 Å². The van der Waals surface area contributed by atoms with Crippen LogP contribution in [0.3, 0.4) is 0 Å². The van der Waals surface area contributed by atoms with Gasteiger partial charge in [-0.25, -0.2) is 0 Å². The lowest BCUT2D eigenvalue weighted by molar-refractivity contribution is 0.385. The van der Waals surface area contributed by atoms with Crippen molar-refractivity contribution in [1.29, 1.82) is 0 Å². The Hall–Kier alpha value is -2.23. The van der Waals surface area contributed by atoms with E-state index in [2.05, 4.69) is 4.98 Å². The molecular weight excluding hydrogens is 216 g/mol. The Morgan fingerprint density at radius 3 is 2.41 bits per heavy atom. The monoisotopic (exact) mass is 230 g/mol. The van der Waals surface area contributed by atoms with Crippen LogP contribution in [0.4, 0.5) is 5.69 Å². The minimum atomic E-state index is 0.370. The zero-order valence-corrected chi connectivity index (χ0v) is 9.81. The Morgan fingerprint density at radius 2 is 1.76 bits per heavy atom. The Kier molecular flexibility index (Phi) is 3.14. The number of anilines is 1. The average Bonchev–Trinajstić information content (AvgIpc) is 2.34. The molecule has 0 saturated carbocycles. The summed E-state index contributed by atoms with van der Waals surface area (Å²) >= 11 is 0. The van der Waals surface area contributed by atoms with Crippen LogP contribution in [0.25, 0.3) is 0 Å². The molecule has 0 aliphatic heterocycles. The maximum absolute atomic E-state index is 5.67. The van der Waals surface area contributed by atoms with Crippen molar-refractivity contribution in [2.24, 2.45) is 0 Å². The van der Waals surface area contributed by atoms with E-state index in [0.717, 1.165) is 5.75 Å². The van der Waals surface area contributed by atoms with Gasteiger partial charge in [0.25, 0.3) is 0 Å². The van der Waals surface area contributed by atoms with Gasteiger partial charge in [-0.15, -0.1) is 0 Å². The Balaban J connectivity index is 2.21. The van der Waals surface area contributed by atoms with Crippen molar-refractivity contribution in [1.82, 2.24) is 4.98 Å². The van der Waals surface area contributed by atoms with Crippen LogP contribution >= 0.6 is 0 Å². The van der Waals surface area contributed by atoms with Gasteiger partial charge in [-0.2, -0.15) is 4.98 Å². The van der Waals surface area contributed by atoms with Gasteiger partial charge >= 0.3 is 0 Å². The van der Waals surface area contributed by atoms with Gasteiger partial charge in [0, 0.05) is 6.07 Å². The topological polar surface area (TPSA) is 57.4 Å². The van der Waals surface area contributed by atoms with Crippen LogP contribution in [0.15, 0.2) is 36.4 Å². The third-order valence-electron chi connectivity index (χ3n) is 2.30. The van der Waals surface area contributed by atoms with Crippen LogP contribution in [-0.4, -0.2) is 12.1 Å². The fraction of sp³-hybridized carbons (Fsp3) is 0.154. The van der Waals surface area contributed by atoms with E-state index < -0.39 is 0 Å². The molecule has 0 saturated heterocycles. The number of aryl methyl sites for hydroxylation is 1. The van der Waals surface area contributed by atoms with Crippen molar-refractivity contribution in [3.8, 4) is 17.5 Å². The number of pyridine rings is 1. The van der Waals surface area contributed by atoms with Crippen LogP contribution in [0.1, 0.15) is 5.56 Å². The van der Waals surface area contributed by atoms with E-state index in [-0.39, 0.29) is 0 Å². The van der Waals surface area contributed by atoms with E-state index in [4.69, 9.17) is 15.2 Å². The lowest BCUT2D eigenvalue weighted by Gasteiger charge is -2.07. The van der Waals surface area contributed by atoms with E-state index in [0.29, 0.717) is 17.4 Å². The number of nitrogens with two attached hydrogens (primary N) is 1. The molecule has 0 atom stereocenters. The van der Waals surface area contributed by atoms with Gasteiger partial charge in [-0.05, 0) is 25.1 Å². The fourth-order valence-corrected chi connectivity index (χ4v) is 1.38. The van der Waals surface area contributed by atoms with Crippen LogP contribution in [0, 0.1) is 6.92 Å². The van der Waals surface area contributed by atoms with Crippen molar-refractivity contribution in [3.05, 3.63) is 42.0 Å². The van der Waals surface area contributed by atoms with Crippen LogP contribution < -0.4 is 15.2 Å². The van der Waals surface area contributed by atoms with Crippen molar-refractivity contribution >= 4 is 5.69 Å². The third kappa shape index (κ3) is 2.66. The van der Waals surface area contributed by atoms with Crippen molar-refractivity contribution in [2.75, 3.05) is 12.8 Å². The quantitative estimate of drug-likeness (QED) is 0.880. The van der Waals surface area contributed by atoms with Gasteiger partial charge in [0.15, 0.2) is 0 Å². The molecule has 0 aliphatic carbocycles. The van der Waals surface area contributed by atoms with Gasteiger partial charge in [-0.1, -0.05) is 17.7 Å². The average molecular weight is 230 g/mol. The fourth-order valence-electron chi connectivity index (χ4n) is 1.38. The first-order valence-electron chi connectivity index (χ1n) is 5.24. The smallest absolute Gasteiger partial charge is 0.240 e. The Morgan fingerprint density at radius 1 is 1.06 bits per heavy atom. The number of rotatable bonds is 3. The largest absolute Gasteiger partial charge is 0.479 e. The normalized spacial score (nSPS) is 10.0. The second-order valence-corrected chi connectivity index (χ2v) is 3.66. The van der Waals surface area contributed by atoms with E-state index >= 15 is 0 Å². The number of benzene rings is 1. The molecule has 2 aromatic rings. The van der Waals surface area contributed by atoms with E-state index in [1.165, 1.54) is 12.7 Å². The summed E-state index contributed by atoms with van der Waals surface area (Å²) in [4.78, 5) is 4.14. The molecular formula is C13H14N2O2. The van der Waals surface area contributed by atoms with Crippen LogP contribution in [-0.2, 0) is 0 Å². The number of nitrogen functional groups attached to an aromatic ring is 1. The van der Waals surface area contributed by atoms with Gasteiger partial charge in [0.1, 0.15) is 5.75 Å². The van der Waals surface area contributed by atoms with Gasteiger partial charge < -0.3 is 15.2 Å². The van der Waals surface area contributed by atoms with Crippen molar-refractivity contribution in [2.45, 2.75) is 6.92 Å². The molecule has 0 radical (unpaired) electrons. The van der Waals surface area contributed by atoms with Crippen LogP contribution in [0.2, 0.25) is 0 Å². The first-order valence-corrected chi connectivity index (χ1v) is 5.24. The molecule has 0 bridgehead atoms. The van der Waals surface area contributed by atoms with Crippen LogP contribution in [0.5, 0.6) is 17.5 Å². The first-order chi connectivity index (χ1) is 8.19. The Labute approximate surface area is 100 Å². The maximum atomic E-state index is 5.67. The standard InChI is InChI=1S/C13H14N2O2/c1-9-3-5-10(6-4-9)17-12-8-7-11(14)13(15-12)16-2/h3-8H,14H2,1-2H3. The number of ether oxygens (including phenoxy) is 2. The molecule has 0 fully saturated rings. The minimum Gasteiger partial charge on any atom is -0.479 e. The summed E-state index contributed by atoms with van der Waals surface area (Å²) in [5.74, 6) is 1.56. The molecule has 1 heterocycles. The number of hydrogen-bond donors (Lipinski definition) is 1. The summed E-state index contributed by atoms with van der Waals surface area (Å²) in [6.45, 7) is 2.02. The number of hydrogen-bond acceptors (Lipinski definition) is 4. The highest BCUT2D eigenvalue weighted by Gasteiger charge is 2.04.